The monoisotopic (exact) mass is 327 g/mol. The number of para-hydroxylation sites is 2. The fourth-order valence-corrected chi connectivity index (χ4v) is 2.08. The topological polar surface area (TPSA) is 77.2 Å². The minimum atomic E-state index is -0.572. The van der Waals surface area contributed by atoms with Crippen LogP contribution in [0.3, 0.4) is 0 Å². The zero-order chi connectivity index (χ0) is 16.9. The van der Waals surface area contributed by atoms with Crippen LogP contribution in [-0.4, -0.2) is 22.7 Å². The van der Waals surface area contributed by atoms with Gasteiger partial charge in [-0.1, -0.05) is 18.2 Å². The van der Waals surface area contributed by atoms with E-state index >= 15 is 0 Å². The van der Waals surface area contributed by atoms with Crippen LogP contribution in [0.2, 0.25) is 0 Å². The average Bonchev–Trinajstić information content (AvgIpc) is 3.07. The highest BCUT2D eigenvalue weighted by atomic mass is 19.1. The highest BCUT2D eigenvalue weighted by Crippen LogP contribution is 2.25. The molecular weight excluding hydrogens is 313 g/mol. The molecule has 0 saturated carbocycles. The minimum absolute atomic E-state index is 0.0674. The maximum absolute atomic E-state index is 13.2. The second-order valence-corrected chi connectivity index (χ2v) is 4.81. The number of nitrogens with zero attached hydrogens (tertiary/aromatic N) is 2. The molecule has 0 spiro atoms. The van der Waals surface area contributed by atoms with E-state index < -0.39 is 11.7 Å². The summed E-state index contributed by atoms with van der Waals surface area (Å²) in [6, 6.07) is 12.7. The van der Waals surface area contributed by atoms with Gasteiger partial charge in [-0.3, -0.25) is 4.79 Å². The Bertz CT molecular complexity index is 864. The van der Waals surface area contributed by atoms with Crippen molar-refractivity contribution in [2.24, 2.45) is 0 Å². The van der Waals surface area contributed by atoms with Crippen molar-refractivity contribution in [2.45, 2.75) is 6.92 Å². The quantitative estimate of drug-likeness (QED) is 0.776. The Morgan fingerprint density at radius 2 is 2.04 bits per heavy atom. The molecule has 6 nitrogen and oxygen atoms in total. The molecule has 7 heteroatoms. The Morgan fingerprint density at radius 1 is 1.21 bits per heavy atom. The van der Waals surface area contributed by atoms with Crippen molar-refractivity contribution in [3.05, 3.63) is 60.2 Å². The summed E-state index contributed by atoms with van der Waals surface area (Å²) in [5.74, 6) is -0.615. The lowest BCUT2D eigenvalue weighted by atomic mass is 10.2. The maximum atomic E-state index is 13.2. The van der Waals surface area contributed by atoms with Crippen LogP contribution in [0.15, 0.2) is 52.9 Å². The van der Waals surface area contributed by atoms with Gasteiger partial charge >= 0.3 is 11.8 Å². The molecule has 24 heavy (non-hydrogen) atoms. The molecule has 1 heterocycles. The maximum Gasteiger partial charge on any atom is 0.313 e. The van der Waals surface area contributed by atoms with Crippen LogP contribution in [0.25, 0.3) is 11.5 Å². The molecule has 0 atom stereocenters. The molecule has 0 unspecified atom stereocenters. The molecule has 0 saturated heterocycles. The van der Waals surface area contributed by atoms with Gasteiger partial charge in [0.1, 0.15) is 11.6 Å². The van der Waals surface area contributed by atoms with E-state index in [0.29, 0.717) is 23.6 Å². The van der Waals surface area contributed by atoms with Crippen molar-refractivity contribution in [1.29, 1.82) is 0 Å². The Labute approximate surface area is 137 Å². The van der Waals surface area contributed by atoms with E-state index in [1.807, 2.05) is 6.92 Å². The van der Waals surface area contributed by atoms with E-state index in [1.54, 1.807) is 30.3 Å². The summed E-state index contributed by atoms with van der Waals surface area (Å²) in [7, 11) is 0. The average molecular weight is 327 g/mol. The van der Waals surface area contributed by atoms with E-state index in [-0.39, 0.29) is 11.8 Å². The number of amides is 1. The molecule has 0 aliphatic carbocycles. The van der Waals surface area contributed by atoms with Gasteiger partial charge in [0, 0.05) is 5.56 Å². The predicted octanol–water partition coefficient (Wildman–Crippen LogP) is 3.53. The molecule has 2 aromatic carbocycles. The summed E-state index contributed by atoms with van der Waals surface area (Å²) >= 11 is 0. The molecule has 1 N–H and O–H groups in total. The number of aromatic nitrogens is 2. The lowest BCUT2D eigenvalue weighted by Gasteiger charge is -2.09. The highest BCUT2D eigenvalue weighted by molar-refractivity contribution is 6.01. The first-order chi connectivity index (χ1) is 11.7. The van der Waals surface area contributed by atoms with Crippen LogP contribution < -0.4 is 10.1 Å². The third kappa shape index (κ3) is 3.40. The second-order valence-electron chi connectivity index (χ2n) is 4.81. The van der Waals surface area contributed by atoms with E-state index in [4.69, 9.17) is 9.15 Å². The van der Waals surface area contributed by atoms with Gasteiger partial charge in [0.25, 0.3) is 0 Å². The molecular formula is C17H14FN3O3. The van der Waals surface area contributed by atoms with E-state index in [1.165, 1.54) is 18.2 Å². The molecule has 0 radical (unpaired) electrons. The van der Waals surface area contributed by atoms with Crippen LogP contribution in [0, 0.1) is 5.82 Å². The molecule has 1 amide bonds. The van der Waals surface area contributed by atoms with Gasteiger partial charge in [0.15, 0.2) is 0 Å². The van der Waals surface area contributed by atoms with Crippen LogP contribution >= 0.6 is 0 Å². The third-order valence-corrected chi connectivity index (χ3v) is 3.13. The number of halogens is 1. The number of benzene rings is 2. The summed E-state index contributed by atoms with van der Waals surface area (Å²) in [6.07, 6.45) is 0. The van der Waals surface area contributed by atoms with Gasteiger partial charge in [-0.2, -0.15) is 0 Å². The van der Waals surface area contributed by atoms with E-state index in [0.717, 1.165) is 0 Å². The zero-order valence-corrected chi connectivity index (χ0v) is 12.8. The number of nitrogens with one attached hydrogen (secondary N) is 1. The Balaban J connectivity index is 1.79. The van der Waals surface area contributed by atoms with Crippen LogP contribution in [0.1, 0.15) is 17.6 Å². The molecule has 3 rings (SSSR count). The summed E-state index contributed by atoms with van der Waals surface area (Å²) in [5, 5.41) is 10.1. The van der Waals surface area contributed by atoms with Crippen molar-refractivity contribution in [3.63, 3.8) is 0 Å². The largest absolute Gasteiger partial charge is 0.492 e. The Kier molecular flexibility index (Phi) is 4.51. The summed E-state index contributed by atoms with van der Waals surface area (Å²) < 4.78 is 24.0. The van der Waals surface area contributed by atoms with Crippen LogP contribution in [0.5, 0.6) is 5.75 Å². The van der Waals surface area contributed by atoms with Crippen molar-refractivity contribution in [3.8, 4) is 17.2 Å². The van der Waals surface area contributed by atoms with Crippen LogP contribution in [0.4, 0.5) is 10.1 Å². The van der Waals surface area contributed by atoms with Crippen molar-refractivity contribution >= 4 is 11.6 Å². The first-order valence-electron chi connectivity index (χ1n) is 7.30. The Morgan fingerprint density at radius 3 is 2.83 bits per heavy atom. The molecule has 1 aromatic heterocycles. The number of hydrogen-bond acceptors (Lipinski definition) is 5. The predicted molar refractivity (Wildman–Crippen MR) is 85.3 cm³/mol. The van der Waals surface area contributed by atoms with Crippen molar-refractivity contribution < 1.29 is 18.3 Å². The lowest BCUT2D eigenvalue weighted by Crippen LogP contribution is -2.13. The molecule has 0 fully saturated rings. The van der Waals surface area contributed by atoms with Gasteiger partial charge in [-0.15, -0.1) is 10.2 Å². The number of rotatable bonds is 5. The summed E-state index contributed by atoms with van der Waals surface area (Å²) in [4.78, 5) is 12.2. The minimum Gasteiger partial charge on any atom is -0.492 e. The molecule has 122 valence electrons. The van der Waals surface area contributed by atoms with Gasteiger partial charge in [-0.25, -0.2) is 4.39 Å². The zero-order valence-electron chi connectivity index (χ0n) is 12.8. The summed E-state index contributed by atoms with van der Waals surface area (Å²) in [5.41, 5.74) is 0.895. The molecule has 0 bridgehead atoms. The third-order valence-electron chi connectivity index (χ3n) is 3.13. The summed E-state index contributed by atoms with van der Waals surface area (Å²) in [6.45, 7) is 2.32. The van der Waals surface area contributed by atoms with E-state index in [9.17, 15) is 9.18 Å². The number of carbonyl (C=O) groups excluding carboxylic acids is 1. The van der Waals surface area contributed by atoms with E-state index in [2.05, 4.69) is 15.5 Å². The molecule has 0 aliphatic heterocycles. The fraction of sp³-hybridized carbons (Fsp3) is 0.118. The Hall–Kier alpha value is -3.22. The number of ether oxygens (including phenoxy) is 1. The first kappa shape index (κ1) is 15.7. The first-order valence-corrected chi connectivity index (χ1v) is 7.30. The smallest absolute Gasteiger partial charge is 0.313 e. The second kappa shape index (κ2) is 6.91. The highest BCUT2D eigenvalue weighted by Gasteiger charge is 2.17. The van der Waals surface area contributed by atoms with Gasteiger partial charge in [0.2, 0.25) is 5.89 Å². The standard InChI is InChI=1S/C17H14FN3O3/c1-2-23-14-9-4-3-8-13(14)19-15(22)17-21-20-16(24-17)11-6-5-7-12(18)10-11/h3-10H,2H2,1H3,(H,19,22). The van der Waals surface area contributed by atoms with Gasteiger partial charge in [-0.05, 0) is 37.3 Å². The fourth-order valence-electron chi connectivity index (χ4n) is 2.08. The van der Waals surface area contributed by atoms with Gasteiger partial charge < -0.3 is 14.5 Å². The number of anilines is 1. The SMILES string of the molecule is CCOc1ccccc1NC(=O)c1nnc(-c2cccc(F)c2)o1. The lowest BCUT2D eigenvalue weighted by molar-refractivity contribution is 0.0990. The number of carbonyl (C=O) groups is 1. The number of hydrogen-bond donors (Lipinski definition) is 1. The van der Waals surface area contributed by atoms with Crippen molar-refractivity contribution in [1.82, 2.24) is 10.2 Å². The van der Waals surface area contributed by atoms with Crippen LogP contribution in [-0.2, 0) is 0 Å². The van der Waals surface area contributed by atoms with Crippen molar-refractivity contribution in [2.75, 3.05) is 11.9 Å². The normalized spacial score (nSPS) is 10.4. The molecule has 0 aliphatic rings. The molecule has 3 aromatic rings. The van der Waals surface area contributed by atoms with Gasteiger partial charge in [0.05, 0.1) is 12.3 Å².